The highest BCUT2D eigenvalue weighted by Crippen LogP contribution is 2.28. The molecule has 7 heteroatoms. The number of hydrogen-bond acceptors (Lipinski definition) is 4. The molecule has 0 aliphatic heterocycles. The molecule has 4 rings (SSSR count). The summed E-state index contributed by atoms with van der Waals surface area (Å²) in [6.07, 6.45) is 0. The molecule has 3 N–H and O–H groups in total. The first-order chi connectivity index (χ1) is 14.9. The summed E-state index contributed by atoms with van der Waals surface area (Å²) in [5.74, 6) is 0.398. The van der Waals surface area contributed by atoms with Crippen LogP contribution in [0.4, 0.5) is 11.5 Å². The Morgan fingerprint density at radius 1 is 1.10 bits per heavy atom. The number of nitrogens with one attached hydrogen (secondary N) is 1. The average molecular weight is 418 g/mol. The molecule has 0 aliphatic carbocycles. The number of nitrogens with two attached hydrogens (primary N) is 1. The van der Waals surface area contributed by atoms with Crippen LogP contribution in [0.2, 0.25) is 0 Å². The Bertz CT molecular complexity index is 1250. The number of benzene rings is 2. The molecule has 31 heavy (non-hydrogen) atoms. The first kappa shape index (κ1) is 20.7. The molecule has 2 aromatic carbocycles. The molecule has 0 spiro atoms. The molecule has 0 fully saturated rings. The van der Waals surface area contributed by atoms with Crippen LogP contribution < -0.4 is 11.1 Å². The van der Waals surface area contributed by atoms with Crippen LogP contribution in [0.1, 0.15) is 27.3 Å². The van der Waals surface area contributed by atoms with E-state index in [0.29, 0.717) is 18.0 Å². The van der Waals surface area contributed by atoms with Gasteiger partial charge in [-0.1, -0.05) is 0 Å². The van der Waals surface area contributed by atoms with Gasteiger partial charge in [-0.15, -0.1) is 0 Å². The van der Waals surface area contributed by atoms with E-state index in [0.717, 1.165) is 34.5 Å². The molecule has 0 aliphatic rings. The number of fused-ring (bicyclic) bond motifs is 1. The first-order valence-electron chi connectivity index (χ1n) is 10.2. The standard InChI is InChI=1S/C24H27N5O2/c1-15-13-23(25)29(27-15)20-8-5-18(6-9-20)24(30)26-19-7-10-22-21(14-19)16(2)17(3)28(22)11-12-31-4/h5-10,13-14H,11-12,25H2,1-4H3,(H,26,30). The van der Waals surface area contributed by atoms with Gasteiger partial charge in [0.25, 0.3) is 5.91 Å². The van der Waals surface area contributed by atoms with E-state index in [-0.39, 0.29) is 5.91 Å². The van der Waals surface area contributed by atoms with Crippen molar-refractivity contribution in [3.8, 4) is 5.69 Å². The lowest BCUT2D eigenvalue weighted by molar-refractivity contribution is 0.102. The molecule has 0 atom stereocenters. The molecule has 2 heterocycles. The van der Waals surface area contributed by atoms with E-state index >= 15 is 0 Å². The van der Waals surface area contributed by atoms with Gasteiger partial charge in [0.15, 0.2) is 0 Å². The number of amides is 1. The number of rotatable bonds is 6. The number of ether oxygens (including phenoxy) is 1. The summed E-state index contributed by atoms with van der Waals surface area (Å²) in [6.45, 7) is 7.56. The molecule has 0 bridgehead atoms. The quantitative estimate of drug-likeness (QED) is 0.491. The highest BCUT2D eigenvalue weighted by molar-refractivity contribution is 6.05. The van der Waals surface area contributed by atoms with Crippen molar-refractivity contribution in [2.75, 3.05) is 24.8 Å². The van der Waals surface area contributed by atoms with Crippen molar-refractivity contribution in [2.24, 2.45) is 0 Å². The van der Waals surface area contributed by atoms with E-state index in [1.165, 1.54) is 11.3 Å². The van der Waals surface area contributed by atoms with Crippen molar-refractivity contribution >= 4 is 28.3 Å². The van der Waals surface area contributed by atoms with E-state index in [1.54, 1.807) is 23.9 Å². The Labute approximate surface area is 181 Å². The van der Waals surface area contributed by atoms with Gasteiger partial charge >= 0.3 is 0 Å². The maximum Gasteiger partial charge on any atom is 0.255 e. The Hall–Kier alpha value is -3.58. The minimum absolute atomic E-state index is 0.163. The van der Waals surface area contributed by atoms with Crippen LogP contribution in [0.15, 0.2) is 48.5 Å². The van der Waals surface area contributed by atoms with Crippen LogP contribution in [0, 0.1) is 20.8 Å². The highest BCUT2D eigenvalue weighted by Gasteiger charge is 2.13. The van der Waals surface area contributed by atoms with Gasteiger partial charge in [-0.25, -0.2) is 4.68 Å². The van der Waals surface area contributed by atoms with Crippen LogP contribution in [0.5, 0.6) is 0 Å². The van der Waals surface area contributed by atoms with Crippen LogP contribution in [0.3, 0.4) is 0 Å². The molecular weight excluding hydrogens is 390 g/mol. The zero-order chi connectivity index (χ0) is 22.1. The number of carbonyl (C=O) groups is 1. The van der Waals surface area contributed by atoms with Gasteiger partial charge in [0.1, 0.15) is 5.82 Å². The van der Waals surface area contributed by atoms with Crippen LogP contribution in [-0.2, 0) is 11.3 Å². The number of nitrogen functional groups attached to an aromatic ring is 1. The zero-order valence-electron chi connectivity index (χ0n) is 18.3. The molecule has 0 unspecified atom stereocenters. The predicted molar refractivity (Wildman–Crippen MR) is 124 cm³/mol. The molecule has 7 nitrogen and oxygen atoms in total. The second kappa shape index (κ2) is 8.28. The van der Waals surface area contributed by atoms with Crippen LogP contribution in [0.25, 0.3) is 16.6 Å². The van der Waals surface area contributed by atoms with Crippen molar-refractivity contribution < 1.29 is 9.53 Å². The smallest absolute Gasteiger partial charge is 0.255 e. The second-order valence-corrected chi connectivity index (χ2v) is 7.71. The van der Waals surface area contributed by atoms with E-state index in [2.05, 4.69) is 28.8 Å². The number of aromatic nitrogens is 3. The monoisotopic (exact) mass is 417 g/mol. The first-order valence-corrected chi connectivity index (χ1v) is 10.2. The van der Waals surface area contributed by atoms with Gasteiger partial charge in [0.2, 0.25) is 0 Å². The van der Waals surface area contributed by atoms with Crippen molar-refractivity contribution in [1.29, 1.82) is 0 Å². The van der Waals surface area contributed by atoms with Gasteiger partial charge in [-0.05, 0) is 68.8 Å². The van der Waals surface area contributed by atoms with E-state index in [4.69, 9.17) is 10.5 Å². The molecule has 4 aromatic rings. The Balaban J connectivity index is 1.55. The second-order valence-electron chi connectivity index (χ2n) is 7.71. The largest absolute Gasteiger partial charge is 0.384 e. The van der Waals surface area contributed by atoms with E-state index < -0.39 is 0 Å². The minimum Gasteiger partial charge on any atom is -0.384 e. The van der Waals surface area contributed by atoms with Crippen molar-refractivity contribution in [3.63, 3.8) is 0 Å². The Morgan fingerprint density at radius 2 is 1.84 bits per heavy atom. The van der Waals surface area contributed by atoms with Crippen LogP contribution in [-0.4, -0.2) is 34.0 Å². The van der Waals surface area contributed by atoms with Crippen LogP contribution >= 0.6 is 0 Å². The molecular formula is C24H27N5O2. The number of methoxy groups -OCH3 is 1. The number of hydrogen-bond donors (Lipinski definition) is 2. The maximum atomic E-state index is 12.8. The Kier molecular flexibility index (Phi) is 5.52. The lowest BCUT2D eigenvalue weighted by atomic mass is 10.1. The molecule has 2 aromatic heterocycles. The third-order valence-electron chi connectivity index (χ3n) is 5.65. The van der Waals surface area contributed by atoms with Gasteiger partial charge in [-0.2, -0.15) is 5.10 Å². The zero-order valence-corrected chi connectivity index (χ0v) is 18.3. The summed E-state index contributed by atoms with van der Waals surface area (Å²) in [5.41, 5.74) is 12.5. The van der Waals surface area contributed by atoms with E-state index in [9.17, 15) is 4.79 Å². The maximum absolute atomic E-state index is 12.8. The SMILES string of the molecule is COCCn1c(C)c(C)c2cc(NC(=O)c3ccc(-n4nc(C)cc4N)cc3)ccc21. The summed E-state index contributed by atoms with van der Waals surface area (Å²) in [6, 6.07) is 15.0. The van der Waals surface area contributed by atoms with Crippen molar-refractivity contribution in [3.05, 3.63) is 71.0 Å². The van der Waals surface area contributed by atoms with Gasteiger partial charge in [-0.3, -0.25) is 4.79 Å². The minimum atomic E-state index is -0.163. The molecule has 0 saturated carbocycles. The van der Waals surface area contributed by atoms with Crippen molar-refractivity contribution in [1.82, 2.24) is 14.3 Å². The number of carbonyl (C=O) groups excluding carboxylic acids is 1. The van der Waals surface area contributed by atoms with Gasteiger partial charge in [0, 0.05) is 47.6 Å². The lowest BCUT2D eigenvalue weighted by Gasteiger charge is -2.09. The fourth-order valence-corrected chi connectivity index (χ4v) is 3.88. The highest BCUT2D eigenvalue weighted by atomic mass is 16.5. The van der Waals surface area contributed by atoms with Gasteiger partial charge in [0.05, 0.1) is 18.0 Å². The molecule has 0 saturated heterocycles. The predicted octanol–water partition coefficient (Wildman–Crippen LogP) is 4.23. The fourth-order valence-electron chi connectivity index (χ4n) is 3.88. The van der Waals surface area contributed by atoms with Crippen molar-refractivity contribution in [2.45, 2.75) is 27.3 Å². The number of aryl methyl sites for hydroxylation is 2. The topological polar surface area (TPSA) is 87.1 Å². The molecule has 1 amide bonds. The summed E-state index contributed by atoms with van der Waals surface area (Å²) < 4.78 is 9.15. The van der Waals surface area contributed by atoms with Gasteiger partial charge < -0.3 is 20.4 Å². The third-order valence-corrected chi connectivity index (χ3v) is 5.65. The molecule has 160 valence electrons. The summed E-state index contributed by atoms with van der Waals surface area (Å²) >= 11 is 0. The summed E-state index contributed by atoms with van der Waals surface area (Å²) in [5, 5.41) is 8.50. The fraction of sp³-hybridized carbons (Fsp3) is 0.250. The Morgan fingerprint density at radius 3 is 2.48 bits per heavy atom. The summed E-state index contributed by atoms with van der Waals surface area (Å²) in [4.78, 5) is 12.8. The summed E-state index contributed by atoms with van der Waals surface area (Å²) in [7, 11) is 1.71. The normalized spacial score (nSPS) is 11.2. The average Bonchev–Trinajstić information content (AvgIpc) is 3.22. The van der Waals surface area contributed by atoms with E-state index in [1.807, 2.05) is 43.3 Å². The number of anilines is 2. The third kappa shape index (κ3) is 3.92. The number of nitrogens with zero attached hydrogens (tertiary/aromatic N) is 3. The lowest BCUT2D eigenvalue weighted by Crippen LogP contribution is -2.12. The molecule has 0 radical (unpaired) electrons.